The van der Waals surface area contributed by atoms with Crippen LogP contribution in [-0.2, 0) is 16.0 Å². The van der Waals surface area contributed by atoms with E-state index in [0.29, 0.717) is 6.61 Å². The summed E-state index contributed by atoms with van der Waals surface area (Å²) in [6.45, 7) is 3.79. The zero-order valence-corrected chi connectivity index (χ0v) is 13.1. The van der Waals surface area contributed by atoms with Gasteiger partial charge in [0.25, 0.3) is 0 Å². The predicted molar refractivity (Wildman–Crippen MR) is 85.0 cm³/mol. The van der Waals surface area contributed by atoms with Crippen molar-refractivity contribution in [2.45, 2.75) is 19.4 Å². The van der Waals surface area contributed by atoms with Crippen LogP contribution in [0.5, 0.6) is 0 Å². The van der Waals surface area contributed by atoms with E-state index in [-0.39, 0.29) is 34.7 Å². The van der Waals surface area contributed by atoms with Crippen molar-refractivity contribution in [2.24, 2.45) is 5.73 Å². The second-order valence-electron chi connectivity index (χ2n) is 5.13. The number of pyridine rings is 1. The fraction of sp³-hybridized carbons (Fsp3) is 0.400. The second kappa shape index (κ2) is 7.49. The highest BCUT2D eigenvalue weighted by Crippen LogP contribution is 2.17. The van der Waals surface area contributed by atoms with Crippen molar-refractivity contribution in [1.82, 2.24) is 10.3 Å². The van der Waals surface area contributed by atoms with Crippen molar-refractivity contribution in [2.75, 3.05) is 19.7 Å². The Balaban J connectivity index is 2.00. The van der Waals surface area contributed by atoms with Crippen LogP contribution in [0.25, 0.3) is 0 Å². The fourth-order valence-electron chi connectivity index (χ4n) is 2.08. The molecule has 0 aliphatic carbocycles. The van der Waals surface area contributed by atoms with Crippen LogP contribution in [0.2, 0.25) is 0 Å². The van der Waals surface area contributed by atoms with Crippen LogP contribution in [0.1, 0.15) is 24.3 Å². The van der Waals surface area contributed by atoms with Crippen molar-refractivity contribution < 1.29 is 9.53 Å². The third-order valence-electron chi connectivity index (χ3n) is 3.31. The first-order valence-electron chi connectivity index (χ1n) is 7.00. The first-order chi connectivity index (χ1) is 10.5. The van der Waals surface area contributed by atoms with E-state index >= 15 is 0 Å². The Morgan fingerprint density at radius 3 is 2.91 bits per heavy atom. The largest absolute Gasteiger partial charge is 0.401 e. The van der Waals surface area contributed by atoms with Crippen LogP contribution in [0.3, 0.4) is 0 Å². The monoisotopic (exact) mass is 322 g/mol. The van der Waals surface area contributed by atoms with E-state index in [1.54, 1.807) is 13.1 Å². The van der Waals surface area contributed by atoms with Gasteiger partial charge in [0.15, 0.2) is 5.78 Å². The van der Waals surface area contributed by atoms with Gasteiger partial charge in [-0.1, -0.05) is 17.7 Å². The van der Waals surface area contributed by atoms with E-state index < -0.39 is 0 Å². The number of rotatable bonds is 5. The summed E-state index contributed by atoms with van der Waals surface area (Å²) in [5, 5.41) is 11.0. The number of halogens is 1. The number of carbonyl (C=O) groups is 1. The van der Waals surface area contributed by atoms with Gasteiger partial charge < -0.3 is 15.8 Å². The zero-order chi connectivity index (χ0) is 16.1. The third-order valence-corrected chi connectivity index (χ3v) is 3.80. The minimum absolute atomic E-state index is 0.00346. The number of Topliss-reactive ketones (excluding diaryl/α,β-unsaturated/α-hetero) is 1. The molecule has 0 saturated carbocycles. The SMILES string of the molecule is CC(N)=C(Cl)C(=N)C(=O)Cc1ccc([C@@H]2CNCCO2)nc1. The lowest BCUT2D eigenvalue weighted by atomic mass is 10.1. The molecule has 22 heavy (non-hydrogen) atoms. The summed E-state index contributed by atoms with van der Waals surface area (Å²) in [5.74, 6) is -0.389. The Hall–Kier alpha value is -1.76. The molecule has 0 spiro atoms. The number of aromatic nitrogens is 1. The number of nitrogens with two attached hydrogens (primary N) is 1. The van der Waals surface area contributed by atoms with Crippen LogP contribution < -0.4 is 11.1 Å². The summed E-state index contributed by atoms with van der Waals surface area (Å²) in [6.07, 6.45) is 1.64. The summed E-state index contributed by atoms with van der Waals surface area (Å²) < 4.78 is 5.62. The number of allylic oxidation sites excluding steroid dienone is 2. The van der Waals surface area contributed by atoms with Gasteiger partial charge in [0.05, 0.1) is 17.3 Å². The maximum absolute atomic E-state index is 12.0. The van der Waals surface area contributed by atoms with Crippen molar-refractivity contribution in [3.05, 3.63) is 40.3 Å². The summed E-state index contributed by atoms with van der Waals surface area (Å²) >= 11 is 5.82. The number of morpholine rings is 1. The summed E-state index contributed by atoms with van der Waals surface area (Å²) in [6, 6.07) is 3.66. The maximum atomic E-state index is 12.0. The van der Waals surface area contributed by atoms with E-state index in [0.717, 1.165) is 24.3 Å². The highest BCUT2D eigenvalue weighted by Gasteiger charge is 2.18. The normalized spacial score (nSPS) is 19.5. The Morgan fingerprint density at radius 1 is 1.59 bits per heavy atom. The number of hydrogen-bond acceptors (Lipinski definition) is 6. The van der Waals surface area contributed by atoms with Crippen LogP contribution in [-0.4, -0.2) is 36.2 Å². The van der Waals surface area contributed by atoms with Gasteiger partial charge in [-0.05, 0) is 18.6 Å². The molecule has 7 heteroatoms. The molecular weight excluding hydrogens is 304 g/mol. The number of ketones is 1. The molecule has 6 nitrogen and oxygen atoms in total. The molecule has 0 radical (unpaired) electrons. The topological polar surface area (TPSA) is 101 Å². The quantitative estimate of drug-likeness (QED) is 0.709. The molecule has 1 aromatic heterocycles. The number of carbonyl (C=O) groups excluding carboxylic acids is 1. The minimum atomic E-state index is -0.389. The smallest absolute Gasteiger partial charge is 0.186 e. The summed E-state index contributed by atoms with van der Waals surface area (Å²) in [5.41, 5.74) is 7.03. The van der Waals surface area contributed by atoms with E-state index in [2.05, 4.69) is 10.3 Å². The minimum Gasteiger partial charge on any atom is -0.401 e. The van der Waals surface area contributed by atoms with Crippen LogP contribution >= 0.6 is 11.6 Å². The zero-order valence-electron chi connectivity index (χ0n) is 12.4. The number of hydrogen-bond donors (Lipinski definition) is 3. The first-order valence-corrected chi connectivity index (χ1v) is 7.38. The average Bonchev–Trinajstić information content (AvgIpc) is 2.54. The lowest BCUT2D eigenvalue weighted by molar-refractivity contribution is -0.112. The van der Waals surface area contributed by atoms with E-state index in [4.69, 9.17) is 27.5 Å². The predicted octanol–water partition coefficient (Wildman–Crippen LogP) is 1.30. The summed E-state index contributed by atoms with van der Waals surface area (Å²) in [7, 11) is 0. The molecule has 0 unspecified atom stereocenters. The Kier molecular flexibility index (Phi) is 5.65. The Bertz CT molecular complexity index is 588. The van der Waals surface area contributed by atoms with E-state index in [1.807, 2.05) is 12.1 Å². The molecule has 2 heterocycles. The van der Waals surface area contributed by atoms with Gasteiger partial charge in [0.2, 0.25) is 0 Å². The lowest BCUT2D eigenvalue weighted by Gasteiger charge is -2.23. The molecule has 4 N–H and O–H groups in total. The van der Waals surface area contributed by atoms with Gasteiger partial charge in [-0.15, -0.1) is 0 Å². The molecule has 1 aliphatic heterocycles. The molecular formula is C15H19ClN4O2. The van der Waals surface area contributed by atoms with Crippen molar-refractivity contribution in [3.63, 3.8) is 0 Å². The van der Waals surface area contributed by atoms with Crippen molar-refractivity contribution in [1.29, 1.82) is 5.41 Å². The maximum Gasteiger partial charge on any atom is 0.186 e. The van der Waals surface area contributed by atoms with Crippen LogP contribution in [0.15, 0.2) is 29.1 Å². The second-order valence-corrected chi connectivity index (χ2v) is 5.50. The molecule has 1 aromatic rings. The molecule has 1 aliphatic rings. The lowest BCUT2D eigenvalue weighted by Crippen LogP contribution is -2.33. The molecule has 1 atom stereocenters. The summed E-state index contributed by atoms with van der Waals surface area (Å²) in [4.78, 5) is 16.3. The van der Waals surface area contributed by atoms with Gasteiger partial charge in [-0.2, -0.15) is 0 Å². The molecule has 0 bridgehead atoms. The van der Waals surface area contributed by atoms with Crippen LogP contribution in [0, 0.1) is 5.41 Å². The van der Waals surface area contributed by atoms with Gasteiger partial charge in [0.1, 0.15) is 11.8 Å². The molecule has 2 rings (SSSR count). The van der Waals surface area contributed by atoms with Gasteiger partial charge in [-0.25, -0.2) is 0 Å². The van der Waals surface area contributed by atoms with Crippen molar-refractivity contribution in [3.8, 4) is 0 Å². The van der Waals surface area contributed by atoms with E-state index in [1.165, 1.54) is 0 Å². The number of ether oxygens (including phenoxy) is 1. The highest BCUT2D eigenvalue weighted by atomic mass is 35.5. The standard InChI is InChI=1S/C15H19ClN4O2/c1-9(17)14(16)15(18)12(21)6-10-2-3-11(20-7-10)13-8-19-4-5-22-13/h2-3,7,13,18-19H,4-6,8,17H2,1H3/t13-/m0/s1. The number of nitrogens with zero attached hydrogens (tertiary/aromatic N) is 1. The molecule has 1 saturated heterocycles. The van der Waals surface area contributed by atoms with Crippen molar-refractivity contribution >= 4 is 23.1 Å². The fourth-order valence-corrected chi connectivity index (χ4v) is 2.19. The Labute approximate surface area is 134 Å². The first kappa shape index (κ1) is 16.6. The van der Waals surface area contributed by atoms with Gasteiger partial charge >= 0.3 is 0 Å². The van der Waals surface area contributed by atoms with Gasteiger partial charge in [-0.3, -0.25) is 15.2 Å². The molecule has 0 aromatic carbocycles. The third kappa shape index (κ3) is 4.13. The molecule has 118 valence electrons. The average molecular weight is 323 g/mol. The van der Waals surface area contributed by atoms with Crippen LogP contribution in [0.4, 0.5) is 0 Å². The Morgan fingerprint density at radius 2 is 2.36 bits per heavy atom. The van der Waals surface area contributed by atoms with E-state index in [9.17, 15) is 4.79 Å². The molecule has 0 amide bonds. The highest BCUT2D eigenvalue weighted by molar-refractivity contribution is 6.59. The number of nitrogens with one attached hydrogen (secondary N) is 2. The molecule has 1 fully saturated rings. The van der Waals surface area contributed by atoms with Gasteiger partial charge in [0, 0.05) is 31.4 Å².